The van der Waals surface area contributed by atoms with Crippen LogP contribution in [0.3, 0.4) is 0 Å². The summed E-state index contributed by atoms with van der Waals surface area (Å²) in [5.74, 6) is 0. The molecule has 0 saturated heterocycles. The normalized spacial score (nSPS) is 13.0. The summed E-state index contributed by atoms with van der Waals surface area (Å²) in [5, 5.41) is 0. The number of hydrogen-bond acceptors (Lipinski definition) is 2. The van der Waals surface area contributed by atoms with E-state index in [0.29, 0.717) is 0 Å². The molecule has 0 aromatic heterocycles. The number of nitrogens with two attached hydrogens (primary N) is 1. The minimum Gasteiger partial charge on any atom is -0.324 e. The Labute approximate surface area is 85.9 Å². The van der Waals surface area contributed by atoms with Crippen molar-refractivity contribution in [3.8, 4) is 0 Å². The van der Waals surface area contributed by atoms with Gasteiger partial charge in [0.2, 0.25) is 0 Å². The van der Waals surface area contributed by atoms with E-state index in [2.05, 4.69) is 40.4 Å². The smallest absolute Gasteiger partial charge is 0.0314 e. The maximum absolute atomic E-state index is 5.75. The Morgan fingerprint density at radius 1 is 1.50 bits per heavy atom. The molecular weight excluding hydrogens is 234 g/mol. The lowest BCUT2D eigenvalue weighted by Crippen LogP contribution is -2.04. The Hall–Kier alpha value is 0.01000. The second kappa shape index (κ2) is 4.30. The third kappa shape index (κ3) is 2.25. The minimum atomic E-state index is 0.109. The second-order valence-electron chi connectivity index (χ2n) is 2.68. The van der Waals surface area contributed by atoms with Gasteiger partial charge in [0.25, 0.3) is 0 Å². The summed E-state index contributed by atoms with van der Waals surface area (Å²) in [6.07, 6.45) is 2.06. The van der Waals surface area contributed by atoms with Crippen LogP contribution in [0.5, 0.6) is 0 Å². The molecule has 0 heterocycles. The highest BCUT2D eigenvalue weighted by atomic mass is 79.9. The lowest BCUT2D eigenvalue weighted by molar-refractivity contribution is 0.816. The fourth-order valence-electron chi connectivity index (χ4n) is 0.966. The van der Waals surface area contributed by atoms with E-state index in [1.807, 2.05) is 6.92 Å². The number of hydrogen-bond donors (Lipinski definition) is 1. The van der Waals surface area contributed by atoms with Gasteiger partial charge in [-0.1, -0.05) is 6.07 Å². The maximum atomic E-state index is 5.75. The molecule has 1 nitrogen and oxygen atoms in total. The molecule has 3 heteroatoms. The molecule has 1 aromatic carbocycles. The van der Waals surface area contributed by atoms with Gasteiger partial charge >= 0.3 is 0 Å². The summed E-state index contributed by atoms with van der Waals surface area (Å²) in [6.45, 7) is 1.99. The Kier molecular flexibility index (Phi) is 3.62. The average Bonchev–Trinajstić information content (AvgIpc) is 2.04. The van der Waals surface area contributed by atoms with Gasteiger partial charge in [0.15, 0.2) is 0 Å². The van der Waals surface area contributed by atoms with Crippen LogP contribution in [0.2, 0.25) is 0 Å². The SMILES string of the molecule is CSc1ccc(C(C)N)cc1Br. The molecule has 1 atom stereocenters. The maximum Gasteiger partial charge on any atom is 0.0314 e. The summed E-state index contributed by atoms with van der Waals surface area (Å²) in [4.78, 5) is 1.25. The highest BCUT2D eigenvalue weighted by Crippen LogP contribution is 2.27. The zero-order valence-electron chi connectivity index (χ0n) is 7.17. The first-order valence-electron chi connectivity index (χ1n) is 3.74. The fraction of sp³-hybridized carbons (Fsp3) is 0.333. The third-order valence-electron chi connectivity index (χ3n) is 1.70. The summed E-state index contributed by atoms with van der Waals surface area (Å²) < 4.78 is 1.13. The van der Waals surface area contributed by atoms with Gasteiger partial charge in [-0.05, 0) is 46.8 Å². The highest BCUT2D eigenvalue weighted by Gasteiger charge is 2.02. The average molecular weight is 246 g/mol. The lowest BCUT2D eigenvalue weighted by Gasteiger charge is -2.07. The van der Waals surface area contributed by atoms with Gasteiger partial charge in [-0.2, -0.15) is 0 Å². The van der Waals surface area contributed by atoms with Crippen LogP contribution in [-0.2, 0) is 0 Å². The van der Waals surface area contributed by atoms with Crippen molar-refractivity contribution in [2.75, 3.05) is 6.26 Å². The molecule has 1 rings (SSSR count). The van der Waals surface area contributed by atoms with E-state index < -0.39 is 0 Å². The van der Waals surface area contributed by atoms with E-state index in [9.17, 15) is 0 Å². The van der Waals surface area contributed by atoms with Crippen LogP contribution in [-0.4, -0.2) is 6.26 Å². The van der Waals surface area contributed by atoms with E-state index in [1.54, 1.807) is 11.8 Å². The van der Waals surface area contributed by atoms with Gasteiger partial charge in [-0.25, -0.2) is 0 Å². The number of halogens is 1. The molecule has 0 aliphatic carbocycles. The molecule has 1 aromatic rings. The predicted molar refractivity (Wildman–Crippen MR) is 58.5 cm³/mol. The monoisotopic (exact) mass is 245 g/mol. The first-order chi connectivity index (χ1) is 5.65. The van der Waals surface area contributed by atoms with E-state index in [4.69, 9.17) is 5.73 Å². The lowest BCUT2D eigenvalue weighted by atomic mass is 10.1. The fourth-order valence-corrected chi connectivity index (χ4v) is 2.31. The van der Waals surface area contributed by atoms with Crippen LogP contribution in [0.4, 0.5) is 0 Å². The van der Waals surface area contributed by atoms with Crippen molar-refractivity contribution in [3.05, 3.63) is 28.2 Å². The predicted octanol–water partition coefficient (Wildman–Crippen LogP) is 3.19. The van der Waals surface area contributed by atoms with Crippen molar-refractivity contribution < 1.29 is 0 Å². The zero-order chi connectivity index (χ0) is 9.14. The quantitative estimate of drug-likeness (QED) is 0.811. The second-order valence-corrected chi connectivity index (χ2v) is 4.39. The zero-order valence-corrected chi connectivity index (χ0v) is 9.58. The van der Waals surface area contributed by atoms with Crippen LogP contribution in [0.25, 0.3) is 0 Å². The van der Waals surface area contributed by atoms with Crippen molar-refractivity contribution in [2.45, 2.75) is 17.9 Å². The Morgan fingerprint density at radius 2 is 2.17 bits per heavy atom. The third-order valence-corrected chi connectivity index (χ3v) is 3.42. The Bertz CT molecular complexity index is 273. The highest BCUT2D eigenvalue weighted by molar-refractivity contribution is 9.10. The van der Waals surface area contributed by atoms with Crippen molar-refractivity contribution in [1.82, 2.24) is 0 Å². The van der Waals surface area contributed by atoms with Gasteiger partial charge in [0, 0.05) is 15.4 Å². The summed E-state index contributed by atoms with van der Waals surface area (Å²) >= 11 is 5.23. The van der Waals surface area contributed by atoms with Gasteiger partial charge in [0.05, 0.1) is 0 Å². The molecular formula is C9H12BrNS. The molecule has 0 aliphatic heterocycles. The van der Waals surface area contributed by atoms with Gasteiger partial charge in [0.1, 0.15) is 0 Å². The van der Waals surface area contributed by atoms with E-state index in [0.717, 1.165) is 4.47 Å². The molecule has 66 valence electrons. The van der Waals surface area contributed by atoms with Crippen LogP contribution in [0.15, 0.2) is 27.6 Å². The summed E-state index contributed by atoms with van der Waals surface area (Å²) in [5.41, 5.74) is 6.91. The first-order valence-corrected chi connectivity index (χ1v) is 5.76. The Balaban J connectivity index is 3.02. The molecule has 0 saturated carbocycles. The molecule has 0 spiro atoms. The van der Waals surface area contributed by atoms with E-state index in [-0.39, 0.29) is 6.04 Å². The number of rotatable bonds is 2. The van der Waals surface area contributed by atoms with Crippen LogP contribution < -0.4 is 5.73 Å². The molecule has 0 amide bonds. The molecule has 12 heavy (non-hydrogen) atoms. The molecule has 1 unspecified atom stereocenters. The molecule has 0 aliphatic rings. The minimum absolute atomic E-state index is 0.109. The van der Waals surface area contributed by atoms with E-state index >= 15 is 0 Å². The number of thioether (sulfide) groups is 1. The van der Waals surface area contributed by atoms with Crippen LogP contribution in [0.1, 0.15) is 18.5 Å². The van der Waals surface area contributed by atoms with Crippen molar-refractivity contribution in [3.63, 3.8) is 0 Å². The molecule has 0 fully saturated rings. The summed E-state index contributed by atoms with van der Waals surface area (Å²) in [7, 11) is 0. The summed E-state index contributed by atoms with van der Waals surface area (Å²) in [6, 6.07) is 6.35. The van der Waals surface area contributed by atoms with Gasteiger partial charge in [-0.15, -0.1) is 11.8 Å². The van der Waals surface area contributed by atoms with Crippen LogP contribution >= 0.6 is 27.7 Å². The molecule has 2 N–H and O–H groups in total. The van der Waals surface area contributed by atoms with Crippen molar-refractivity contribution >= 4 is 27.7 Å². The van der Waals surface area contributed by atoms with Gasteiger partial charge < -0.3 is 5.73 Å². The van der Waals surface area contributed by atoms with Crippen molar-refractivity contribution in [1.29, 1.82) is 0 Å². The largest absolute Gasteiger partial charge is 0.324 e. The van der Waals surface area contributed by atoms with Crippen molar-refractivity contribution in [2.24, 2.45) is 5.73 Å². The first kappa shape index (κ1) is 10.1. The number of benzene rings is 1. The van der Waals surface area contributed by atoms with E-state index in [1.165, 1.54) is 10.5 Å². The van der Waals surface area contributed by atoms with Crippen LogP contribution in [0, 0.1) is 0 Å². The Morgan fingerprint density at radius 3 is 2.58 bits per heavy atom. The topological polar surface area (TPSA) is 26.0 Å². The van der Waals surface area contributed by atoms with Gasteiger partial charge in [-0.3, -0.25) is 0 Å². The molecule has 0 radical (unpaired) electrons. The standard InChI is InChI=1S/C9H12BrNS/c1-6(11)7-3-4-9(12-2)8(10)5-7/h3-6H,11H2,1-2H3. The molecule has 0 bridgehead atoms.